The Bertz CT molecular complexity index is 342. The number of amides is 1. The molecule has 0 spiro atoms. The molecule has 0 aliphatic carbocycles. The molecular weight excluding hydrogens is 206 g/mol. The highest BCUT2D eigenvalue weighted by Gasteiger charge is 2.24. The summed E-state index contributed by atoms with van der Waals surface area (Å²) in [5, 5.41) is 3.59. The van der Waals surface area contributed by atoms with Gasteiger partial charge in [-0.15, -0.1) is 11.8 Å². The Kier molecular flexibility index (Phi) is 2.47. The first-order valence-corrected chi connectivity index (χ1v) is 5.35. The number of rotatable bonds is 1. The Morgan fingerprint density at radius 2 is 2.23 bits per heavy atom. The Hall–Kier alpha value is -0.670. The van der Waals surface area contributed by atoms with E-state index in [1.807, 2.05) is 24.3 Å². The largest absolute Gasteiger partial charge is 0.339 e. The molecule has 0 radical (unpaired) electrons. The van der Waals surface area contributed by atoms with Gasteiger partial charge in [-0.3, -0.25) is 4.79 Å². The van der Waals surface area contributed by atoms with Gasteiger partial charge >= 0.3 is 0 Å². The number of hydrogen-bond acceptors (Lipinski definition) is 2. The van der Waals surface area contributed by atoms with E-state index in [0.717, 1.165) is 5.56 Å². The molecule has 1 heterocycles. The van der Waals surface area contributed by atoms with Gasteiger partial charge in [-0.1, -0.05) is 29.8 Å². The molecule has 1 amide bonds. The van der Waals surface area contributed by atoms with Crippen LogP contribution in [0.15, 0.2) is 24.3 Å². The van der Waals surface area contributed by atoms with Crippen molar-refractivity contribution in [1.82, 2.24) is 5.32 Å². The van der Waals surface area contributed by atoms with Gasteiger partial charge in [-0.05, 0) is 6.07 Å². The van der Waals surface area contributed by atoms with Gasteiger partial charge in [0.1, 0.15) is 5.37 Å². The molecule has 0 unspecified atom stereocenters. The van der Waals surface area contributed by atoms with Crippen molar-refractivity contribution in [2.24, 2.45) is 0 Å². The second-order valence-corrected chi connectivity index (χ2v) is 4.28. The summed E-state index contributed by atoms with van der Waals surface area (Å²) in [5.41, 5.74) is 0.986. The van der Waals surface area contributed by atoms with Crippen LogP contribution in [-0.4, -0.2) is 11.7 Å². The maximum absolute atomic E-state index is 11.0. The van der Waals surface area contributed by atoms with Gasteiger partial charge in [-0.25, -0.2) is 0 Å². The second kappa shape index (κ2) is 3.60. The van der Waals surface area contributed by atoms with Crippen molar-refractivity contribution in [3.63, 3.8) is 0 Å². The van der Waals surface area contributed by atoms with E-state index in [0.29, 0.717) is 10.8 Å². The molecule has 0 saturated carbocycles. The number of hydrogen-bond donors (Lipinski definition) is 1. The number of carbonyl (C=O) groups is 1. The van der Waals surface area contributed by atoms with Crippen molar-refractivity contribution in [3.8, 4) is 0 Å². The van der Waals surface area contributed by atoms with E-state index in [4.69, 9.17) is 11.6 Å². The van der Waals surface area contributed by atoms with Gasteiger partial charge in [0.2, 0.25) is 5.91 Å². The first kappa shape index (κ1) is 8.91. The molecule has 1 aliphatic rings. The standard InChI is InChI=1S/C9H8ClNOS/c10-7-4-2-1-3-6(7)9-11-8(12)5-13-9/h1-4,9H,5H2,(H,11,12)/t9-/m1/s1. The van der Waals surface area contributed by atoms with Gasteiger partial charge in [0, 0.05) is 10.6 Å². The van der Waals surface area contributed by atoms with Gasteiger partial charge in [0.25, 0.3) is 0 Å². The summed E-state index contributed by atoms with van der Waals surface area (Å²) < 4.78 is 0. The molecule has 68 valence electrons. The molecular formula is C9H8ClNOS. The average molecular weight is 214 g/mol. The average Bonchev–Trinajstić information content (AvgIpc) is 2.53. The predicted octanol–water partition coefficient (Wildman–Crippen LogP) is 2.20. The molecule has 0 aromatic heterocycles. The van der Waals surface area contributed by atoms with Gasteiger partial charge in [0.15, 0.2) is 0 Å². The van der Waals surface area contributed by atoms with E-state index in [1.165, 1.54) is 0 Å². The van der Waals surface area contributed by atoms with Crippen LogP contribution in [0.3, 0.4) is 0 Å². The van der Waals surface area contributed by atoms with Crippen molar-refractivity contribution in [2.45, 2.75) is 5.37 Å². The summed E-state index contributed by atoms with van der Waals surface area (Å²) in [5.74, 6) is 0.602. The molecule has 1 atom stereocenters. The van der Waals surface area contributed by atoms with E-state index >= 15 is 0 Å². The number of nitrogens with one attached hydrogen (secondary N) is 1. The van der Waals surface area contributed by atoms with Crippen molar-refractivity contribution < 1.29 is 4.79 Å². The molecule has 2 rings (SSSR count). The van der Waals surface area contributed by atoms with Crippen LogP contribution in [0.4, 0.5) is 0 Å². The summed E-state index contributed by atoms with van der Waals surface area (Å²) in [7, 11) is 0. The van der Waals surface area contributed by atoms with E-state index in [2.05, 4.69) is 5.32 Å². The highest BCUT2D eigenvalue weighted by atomic mass is 35.5. The van der Waals surface area contributed by atoms with Crippen LogP contribution in [0.1, 0.15) is 10.9 Å². The lowest BCUT2D eigenvalue weighted by molar-refractivity contribution is -0.118. The van der Waals surface area contributed by atoms with Crippen LogP contribution >= 0.6 is 23.4 Å². The Balaban J connectivity index is 2.26. The molecule has 1 N–H and O–H groups in total. The van der Waals surface area contributed by atoms with Crippen LogP contribution in [0.5, 0.6) is 0 Å². The van der Waals surface area contributed by atoms with Gasteiger partial charge in [0.05, 0.1) is 5.75 Å². The number of thioether (sulfide) groups is 1. The minimum atomic E-state index is 0.0289. The van der Waals surface area contributed by atoms with Gasteiger partial charge in [-0.2, -0.15) is 0 Å². The number of halogens is 1. The minimum absolute atomic E-state index is 0.0289. The normalized spacial score (nSPS) is 21.6. The third-order valence-corrected chi connectivity index (χ3v) is 3.34. The monoisotopic (exact) mass is 213 g/mol. The third-order valence-electron chi connectivity index (χ3n) is 1.86. The molecule has 13 heavy (non-hydrogen) atoms. The summed E-state index contributed by atoms with van der Waals surface area (Å²) in [6.45, 7) is 0. The van der Waals surface area contributed by atoms with E-state index in [9.17, 15) is 4.79 Å². The fourth-order valence-corrected chi connectivity index (χ4v) is 2.55. The lowest BCUT2D eigenvalue weighted by atomic mass is 10.2. The smallest absolute Gasteiger partial charge is 0.231 e. The first-order valence-electron chi connectivity index (χ1n) is 3.93. The number of benzene rings is 1. The Labute approximate surface area is 85.7 Å². The summed E-state index contributed by atoms with van der Waals surface area (Å²) in [4.78, 5) is 11.0. The number of carbonyl (C=O) groups excluding carboxylic acids is 1. The fourth-order valence-electron chi connectivity index (χ4n) is 1.24. The van der Waals surface area contributed by atoms with Crippen molar-refractivity contribution in [1.29, 1.82) is 0 Å². The predicted molar refractivity (Wildman–Crippen MR) is 54.8 cm³/mol. The molecule has 1 aliphatic heterocycles. The van der Waals surface area contributed by atoms with Crippen LogP contribution < -0.4 is 5.32 Å². The zero-order valence-electron chi connectivity index (χ0n) is 6.79. The second-order valence-electron chi connectivity index (χ2n) is 2.78. The molecule has 2 nitrogen and oxygen atoms in total. The Morgan fingerprint density at radius 3 is 2.85 bits per heavy atom. The van der Waals surface area contributed by atoms with Crippen molar-refractivity contribution in [2.75, 3.05) is 5.75 Å². The maximum Gasteiger partial charge on any atom is 0.231 e. The van der Waals surface area contributed by atoms with Crippen LogP contribution in [0, 0.1) is 0 Å². The highest BCUT2D eigenvalue weighted by Crippen LogP contribution is 2.34. The minimum Gasteiger partial charge on any atom is -0.339 e. The summed E-state index contributed by atoms with van der Waals surface area (Å²) >= 11 is 7.56. The van der Waals surface area contributed by atoms with Crippen molar-refractivity contribution >= 4 is 29.3 Å². The molecule has 1 saturated heterocycles. The molecule has 4 heteroatoms. The maximum atomic E-state index is 11.0. The Morgan fingerprint density at radius 1 is 1.46 bits per heavy atom. The lowest BCUT2D eigenvalue weighted by Crippen LogP contribution is -2.19. The van der Waals surface area contributed by atoms with Crippen LogP contribution in [-0.2, 0) is 4.79 Å². The van der Waals surface area contributed by atoms with E-state index in [-0.39, 0.29) is 11.3 Å². The lowest BCUT2D eigenvalue weighted by Gasteiger charge is -2.10. The van der Waals surface area contributed by atoms with Crippen molar-refractivity contribution in [3.05, 3.63) is 34.9 Å². The quantitative estimate of drug-likeness (QED) is 0.775. The topological polar surface area (TPSA) is 29.1 Å². The SMILES string of the molecule is O=C1CS[C@H](c2ccccc2Cl)N1. The van der Waals surface area contributed by atoms with Crippen LogP contribution in [0.2, 0.25) is 5.02 Å². The highest BCUT2D eigenvalue weighted by molar-refractivity contribution is 8.00. The third kappa shape index (κ3) is 1.81. The first-order chi connectivity index (χ1) is 6.27. The molecule has 1 aromatic carbocycles. The molecule has 1 aromatic rings. The molecule has 0 bridgehead atoms. The van der Waals surface area contributed by atoms with E-state index < -0.39 is 0 Å². The summed E-state index contributed by atoms with van der Waals surface area (Å²) in [6, 6.07) is 7.58. The zero-order chi connectivity index (χ0) is 9.26. The summed E-state index contributed by atoms with van der Waals surface area (Å²) in [6.07, 6.45) is 0. The van der Waals surface area contributed by atoms with Crippen LogP contribution in [0.25, 0.3) is 0 Å². The van der Waals surface area contributed by atoms with E-state index in [1.54, 1.807) is 11.8 Å². The fraction of sp³-hybridized carbons (Fsp3) is 0.222. The molecule has 1 fully saturated rings. The van der Waals surface area contributed by atoms with Gasteiger partial charge < -0.3 is 5.32 Å². The zero-order valence-corrected chi connectivity index (χ0v) is 8.36.